The smallest absolute Gasteiger partial charge is 0.280 e. The molecular weight excluding hydrogens is 683 g/mol. The van der Waals surface area contributed by atoms with Crippen molar-refractivity contribution in [3.63, 3.8) is 0 Å². The van der Waals surface area contributed by atoms with Crippen LogP contribution in [0.15, 0.2) is 108 Å². The minimum absolute atomic E-state index is 0.0379. The van der Waals surface area contributed by atoms with Crippen LogP contribution in [-0.2, 0) is 19.2 Å². The summed E-state index contributed by atoms with van der Waals surface area (Å²) in [6, 6.07) is 30.3. The van der Waals surface area contributed by atoms with E-state index >= 15 is 0 Å². The number of hydrogen-bond donors (Lipinski definition) is 1. The molecule has 5 rings (SSSR count). The van der Waals surface area contributed by atoms with Gasteiger partial charge in [0.2, 0.25) is 5.95 Å². The summed E-state index contributed by atoms with van der Waals surface area (Å²) in [5.74, 6) is 0.225. The number of rotatable bonds is 13. The first kappa shape index (κ1) is 39.1. The number of hydroxylamine groups is 1. The van der Waals surface area contributed by atoms with Crippen LogP contribution in [0.25, 0.3) is 17.4 Å². The first-order chi connectivity index (χ1) is 24.4. The Morgan fingerprint density at radius 3 is 1.56 bits per heavy atom. The van der Waals surface area contributed by atoms with E-state index in [2.05, 4.69) is 114 Å². The van der Waals surface area contributed by atoms with Crippen LogP contribution in [0.5, 0.6) is 0 Å². The summed E-state index contributed by atoms with van der Waals surface area (Å²) >= 11 is 0. The number of fused-ring (bicyclic) bond motifs is 1. The van der Waals surface area contributed by atoms with Gasteiger partial charge < -0.3 is 8.85 Å². The van der Waals surface area contributed by atoms with Crippen molar-refractivity contribution < 1.29 is 13.7 Å². The first-order valence-electron chi connectivity index (χ1n) is 17.9. The second-order valence-electron chi connectivity index (χ2n) is 16.4. The first-order valence-corrected chi connectivity index (χ1v) is 23.7. The number of anilines is 1. The number of aromatic amines is 1. The minimum atomic E-state index is -2.09. The van der Waals surface area contributed by atoms with Gasteiger partial charge in [0.05, 0.1) is 20.3 Å². The minimum Gasteiger partial charge on any atom is -0.413 e. The Labute approximate surface area is 310 Å². The number of nitrogens with one attached hydrogen (secondary N) is 1. The Hall–Kier alpha value is -4.14. The summed E-state index contributed by atoms with van der Waals surface area (Å²) in [6.07, 6.45) is 3.59. The maximum absolute atomic E-state index is 13.9. The lowest BCUT2D eigenvalue weighted by molar-refractivity contribution is 0.118. The maximum Gasteiger partial charge on any atom is 0.280 e. The van der Waals surface area contributed by atoms with Crippen molar-refractivity contribution in [1.29, 1.82) is 0 Å². The highest BCUT2D eigenvalue weighted by atomic mass is 28.4. The standard InChI is InChI=1S/C41H55N5O4Si2/c1-39(2,3)51(8,9)49-28-31(29-50-52(10,11)40(4,5)6)27-45-30-42-35-36(45)43-38(44-37(35)47)46(48-7)41(32-21-15-12-16-22-32,33-23-17-13-18-24-33)34-25-19-14-20-26-34/h12-27,30H,28-29H2,1-11H3,(H,43,44,47). The number of aromatic nitrogens is 4. The van der Waals surface area contributed by atoms with E-state index in [1.165, 1.54) is 0 Å². The molecule has 0 bridgehead atoms. The van der Waals surface area contributed by atoms with Gasteiger partial charge in [0.25, 0.3) is 5.56 Å². The normalized spacial score (nSPS) is 13.0. The number of H-pyrrole nitrogens is 1. The zero-order chi connectivity index (χ0) is 38.0. The van der Waals surface area contributed by atoms with Gasteiger partial charge in [-0.2, -0.15) is 4.98 Å². The molecule has 1 N–H and O–H groups in total. The van der Waals surface area contributed by atoms with Gasteiger partial charge in [0.1, 0.15) is 11.9 Å². The molecule has 0 spiro atoms. The van der Waals surface area contributed by atoms with Crippen molar-refractivity contribution in [3.05, 3.63) is 130 Å². The molecule has 0 saturated heterocycles. The largest absolute Gasteiger partial charge is 0.413 e. The molecular formula is C41H55N5O4Si2. The third-order valence-electron chi connectivity index (χ3n) is 10.8. The Balaban J connectivity index is 1.70. The van der Waals surface area contributed by atoms with Crippen molar-refractivity contribution in [1.82, 2.24) is 19.5 Å². The Kier molecular flexibility index (Phi) is 11.3. The molecule has 52 heavy (non-hydrogen) atoms. The number of nitrogens with zero attached hydrogens (tertiary/aromatic N) is 4. The van der Waals surface area contributed by atoms with Crippen LogP contribution < -0.4 is 10.6 Å². The average Bonchev–Trinajstić information content (AvgIpc) is 3.51. The van der Waals surface area contributed by atoms with Gasteiger partial charge in [-0.3, -0.25) is 19.2 Å². The van der Waals surface area contributed by atoms with Gasteiger partial charge in [-0.05, 0) is 58.5 Å². The van der Waals surface area contributed by atoms with Gasteiger partial charge in [-0.1, -0.05) is 133 Å². The van der Waals surface area contributed by atoms with Gasteiger partial charge in [0.15, 0.2) is 27.8 Å². The zero-order valence-electron chi connectivity index (χ0n) is 32.7. The molecule has 0 saturated carbocycles. The van der Waals surface area contributed by atoms with Crippen LogP contribution in [0, 0.1) is 0 Å². The SMILES string of the molecule is CON(c1nc2c(ncn2C=C(CO[Si](C)(C)C(C)(C)C)CO[Si](C)(C)C(C)(C)C)c(=O)[nH]1)C(c1ccccc1)(c1ccccc1)c1ccccc1. The van der Waals surface area contributed by atoms with Crippen LogP contribution in [0.1, 0.15) is 58.2 Å². The van der Waals surface area contributed by atoms with Gasteiger partial charge >= 0.3 is 0 Å². The van der Waals surface area contributed by atoms with Crippen molar-refractivity contribution in [2.75, 3.05) is 25.4 Å². The maximum atomic E-state index is 13.9. The predicted molar refractivity (Wildman–Crippen MR) is 217 cm³/mol. The van der Waals surface area contributed by atoms with Crippen molar-refractivity contribution in [2.24, 2.45) is 0 Å². The van der Waals surface area contributed by atoms with Crippen molar-refractivity contribution >= 4 is 39.9 Å². The van der Waals surface area contributed by atoms with E-state index in [-0.39, 0.29) is 27.1 Å². The van der Waals surface area contributed by atoms with E-state index in [1.54, 1.807) is 23.1 Å². The van der Waals surface area contributed by atoms with Crippen LogP contribution in [0.2, 0.25) is 36.3 Å². The molecule has 0 aliphatic heterocycles. The summed E-state index contributed by atoms with van der Waals surface area (Å²) < 4.78 is 15.2. The molecule has 0 fully saturated rings. The van der Waals surface area contributed by atoms with Crippen LogP contribution in [0.3, 0.4) is 0 Å². The summed E-state index contributed by atoms with van der Waals surface area (Å²) in [5, 5.41) is 1.77. The lowest BCUT2D eigenvalue weighted by atomic mass is 9.76. The topological polar surface area (TPSA) is 94.5 Å². The monoisotopic (exact) mass is 737 g/mol. The molecule has 0 atom stereocenters. The molecule has 3 aromatic carbocycles. The summed E-state index contributed by atoms with van der Waals surface area (Å²) in [5.41, 5.74) is 2.91. The summed E-state index contributed by atoms with van der Waals surface area (Å²) in [4.78, 5) is 32.8. The van der Waals surface area contributed by atoms with E-state index in [0.717, 1.165) is 22.3 Å². The molecule has 0 aliphatic rings. The molecule has 276 valence electrons. The Morgan fingerprint density at radius 1 is 0.750 bits per heavy atom. The zero-order valence-corrected chi connectivity index (χ0v) is 34.7. The molecule has 11 heteroatoms. The van der Waals surface area contributed by atoms with Crippen LogP contribution >= 0.6 is 0 Å². The number of hydrogen-bond acceptors (Lipinski definition) is 7. The van der Waals surface area contributed by atoms with Crippen molar-refractivity contribution in [2.45, 2.75) is 83.3 Å². The predicted octanol–water partition coefficient (Wildman–Crippen LogP) is 9.36. The molecule has 0 unspecified atom stereocenters. The van der Waals surface area contributed by atoms with E-state index in [4.69, 9.17) is 18.7 Å². The Bertz CT molecular complexity index is 1900. The molecule has 0 aliphatic carbocycles. The highest BCUT2D eigenvalue weighted by Crippen LogP contribution is 2.44. The van der Waals surface area contributed by atoms with Gasteiger partial charge in [-0.15, -0.1) is 0 Å². The van der Waals surface area contributed by atoms with Crippen LogP contribution in [-0.4, -0.2) is 56.5 Å². The molecule has 0 radical (unpaired) electrons. The lowest BCUT2D eigenvalue weighted by Gasteiger charge is -2.43. The van der Waals surface area contributed by atoms with E-state index in [0.29, 0.717) is 18.9 Å². The van der Waals surface area contributed by atoms with Gasteiger partial charge in [-0.25, -0.2) is 10.0 Å². The highest BCUT2D eigenvalue weighted by molar-refractivity contribution is 6.74. The van der Waals surface area contributed by atoms with Crippen molar-refractivity contribution in [3.8, 4) is 0 Å². The molecule has 2 heterocycles. The van der Waals surface area contributed by atoms with Gasteiger partial charge in [0, 0.05) is 6.20 Å². The molecule has 2 aromatic heterocycles. The summed E-state index contributed by atoms with van der Waals surface area (Å²) in [7, 11) is -2.59. The fraction of sp³-hybridized carbons (Fsp3) is 0.390. The average molecular weight is 738 g/mol. The number of benzene rings is 3. The fourth-order valence-electron chi connectivity index (χ4n) is 5.67. The van der Waals surface area contributed by atoms with Crippen LogP contribution in [0.4, 0.5) is 5.95 Å². The Morgan fingerprint density at radius 2 is 1.17 bits per heavy atom. The van der Waals surface area contributed by atoms with E-state index < -0.39 is 22.2 Å². The second kappa shape index (κ2) is 15.1. The molecule has 0 amide bonds. The fourth-order valence-corrected chi connectivity index (χ4v) is 7.63. The van der Waals surface area contributed by atoms with E-state index in [1.807, 2.05) is 60.8 Å². The second-order valence-corrected chi connectivity index (χ2v) is 26.0. The molecule has 5 aromatic rings. The lowest BCUT2D eigenvalue weighted by Crippen LogP contribution is -2.49. The molecule has 9 nitrogen and oxygen atoms in total. The quantitative estimate of drug-likeness (QED) is 0.0731. The number of imidazole rings is 1. The van der Waals surface area contributed by atoms with E-state index in [9.17, 15) is 4.79 Å². The summed E-state index contributed by atoms with van der Waals surface area (Å²) in [6.45, 7) is 23.2. The third-order valence-corrected chi connectivity index (χ3v) is 19.8. The third kappa shape index (κ3) is 7.79. The highest BCUT2D eigenvalue weighted by Gasteiger charge is 2.45.